The number of nitrogens with zero attached hydrogens (tertiary/aromatic N) is 2. The highest BCUT2D eigenvalue weighted by molar-refractivity contribution is 5.91. The average molecular weight is 337 g/mol. The summed E-state index contributed by atoms with van der Waals surface area (Å²) in [4.78, 5) is 1.68. The summed E-state index contributed by atoms with van der Waals surface area (Å²) < 4.78 is 0. The Morgan fingerprint density at radius 3 is 2.32 bits per heavy atom. The molecule has 2 unspecified atom stereocenters. The van der Waals surface area contributed by atoms with Crippen molar-refractivity contribution in [2.45, 2.75) is 63.0 Å². The van der Waals surface area contributed by atoms with Gasteiger partial charge in [-0.05, 0) is 69.3 Å². The van der Waals surface area contributed by atoms with E-state index >= 15 is 0 Å². The number of rotatable bonds is 3. The van der Waals surface area contributed by atoms with Crippen molar-refractivity contribution in [2.75, 3.05) is 0 Å². The molecule has 0 aromatic heterocycles. The van der Waals surface area contributed by atoms with Crippen molar-refractivity contribution in [1.29, 1.82) is 10.7 Å². The maximum absolute atomic E-state index is 10.8. The minimum absolute atomic E-state index is 0.0808. The van der Waals surface area contributed by atoms with Gasteiger partial charge in [0.25, 0.3) is 0 Å². The van der Waals surface area contributed by atoms with E-state index < -0.39 is 11.0 Å². The Kier molecular flexibility index (Phi) is 3.70. The van der Waals surface area contributed by atoms with Crippen LogP contribution in [0.4, 0.5) is 0 Å². The average Bonchev–Trinajstić information content (AvgIpc) is 2.57. The minimum atomic E-state index is -0.511. The van der Waals surface area contributed by atoms with Gasteiger partial charge in [-0.15, -0.1) is 0 Å². The van der Waals surface area contributed by atoms with Gasteiger partial charge in [0.1, 0.15) is 5.84 Å². The van der Waals surface area contributed by atoms with Crippen LogP contribution < -0.4 is 0 Å². The highest BCUT2D eigenvalue weighted by Gasteiger charge is 2.57. The van der Waals surface area contributed by atoms with Gasteiger partial charge in [-0.2, -0.15) is 5.26 Å². The van der Waals surface area contributed by atoms with Crippen LogP contribution in [0.5, 0.6) is 0 Å². The summed E-state index contributed by atoms with van der Waals surface area (Å²) in [6.45, 7) is 4.05. The Labute approximate surface area is 150 Å². The summed E-state index contributed by atoms with van der Waals surface area (Å²) in [5.74, 6) is 1.66. The van der Waals surface area contributed by atoms with Gasteiger partial charge >= 0.3 is 0 Å². The zero-order valence-corrected chi connectivity index (χ0v) is 15.1. The zero-order chi connectivity index (χ0) is 17.8. The molecule has 4 heteroatoms. The van der Waals surface area contributed by atoms with E-state index in [0.29, 0.717) is 23.6 Å². The van der Waals surface area contributed by atoms with E-state index in [1.54, 1.807) is 4.90 Å². The molecule has 2 N–H and O–H groups in total. The molecule has 0 aliphatic heterocycles. The number of amidine groups is 1. The smallest absolute Gasteiger partial charge is 0.185 e. The van der Waals surface area contributed by atoms with E-state index in [-0.39, 0.29) is 6.04 Å². The molecule has 2 atom stereocenters. The predicted octanol–water partition coefficient (Wildman–Crippen LogP) is 3.66. The fraction of sp³-hybridized carbons (Fsp3) is 0.619. The fourth-order valence-electron chi connectivity index (χ4n) is 5.93. The van der Waals surface area contributed by atoms with Crippen molar-refractivity contribution in [3.05, 3.63) is 35.9 Å². The third kappa shape index (κ3) is 2.57. The molecule has 4 bridgehead atoms. The normalized spacial score (nSPS) is 36.1. The standard InChI is InChI=1S/C21H27N3O/c1-20(2,17-6-4-3-5-7-17)19(23)24(13-22)18-15-8-14-9-16(18)12-21(25,10-14)11-15/h3-7,14-16,18,23,25H,8-12H2,1-2H3. The molecule has 0 radical (unpaired) electrons. The predicted molar refractivity (Wildman–Crippen MR) is 96.9 cm³/mol. The molecule has 4 saturated carbocycles. The van der Waals surface area contributed by atoms with Gasteiger partial charge < -0.3 is 5.11 Å². The van der Waals surface area contributed by atoms with Crippen molar-refractivity contribution in [2.24, 2.45) is 17.8 Å². The minimum Gasteiger partial charge on any atom is -0.390 e. The second-order valence-corrected chi connectivity index (χ2v) is 8.99. The molecule has 132 valence electrons. The van der Waals surface area contributed by atoms with Crippen LogP contribution in [-0.2, 0) is 5.41 Å². The van der Waals surface area contributed by atoms with Crippen LogP contribution in [0.1, 0.15) is 51.5 Å². The number of benzene rings is 1. The van der Waals surface area contributed by atoms with Gasteiger partial charge in [-0.3, -0.25) is 10.3 Å². The van der Waals surface area contributed by atoms with Gasteiger partial charge in [0.15, 0.2) is 6.19 Å². The Balaban J connectivity index is 1.63. The van der Waals surface area contributed by atoms with Gasteiger partial charge in [-0.1, -0.05) is 30.3 Å². The first-order valence-electron chi connectivity index (χ1n) is 9.40. The Morgan fingerprint density at radius 2 is 1.80 bits per heavy atom. The summed E-state index contributed by atoms with van der Waals surface area (Å²) in [6, 6.07) is 10.1. The Hall–Kier alpha value is -1.86. The largest absolute Gasteiger partial charge is 0.390 e. The van der Waals surface area contributed by atoms with Crippen LogP contribution in [0.25, 0.3) is 0 Å². The van der Waals surface area contributed by atoms with Crippen LogP contribution in [-0.4, -0.2) is 27.5 Å². The summed E-state index contributed by atoms with van der Waals surface area (Å²) in [5, 5.41) is 29.6. The molecular weight excluding hydrogens is 310 g/mol. The van der Waals surface area contributed by atoms with E-state index in [0.717, 1.165) is 37.7 Å². The van der Waals surface area contributed by atoms with Gasteiger partial charge in [0.05, 0.1) is 11.6 Å². The maximum atomic E-state index is 10.8. The van der Waals surface area contributed by atoms with E-state index in [1.807, 2.05) is 44.2 Å². The molecule has 0 heterocycles. The van der Waals surface area contributed by atoms with Crippen LogP contribution in [0.3, 0.4) is 0 Å². The van der Waals surface area contributed by atoms with E-state index in [9.17, 15) is 10.4 Å². The lowest BCUT2D eigenvalue weighted by Crippen LogP contribution is -2.62. The van der Waals surface area contributed by atoms with Gasteiger partial charge in [0.2, 0.25) is 0 Å². The summed E-state index contributed by atoms with van der Waals surface area (Å²) in [7, 11) is 0. The first-order valence-corrected chi connectivity index (χ1v) is 9.40. The van der Waals surface area contributed by atoms with Crippen LogP contribution in [0, 0.1) is 34.6 Å². The van der Waals surface area contributed by atoms with Gasteiger partial charge in [0, 0.05) is 5.41 Å². The topological polar surface area (TPSA) is 71.1 Å². The van der Waals surface area contributed by atoms with Crippen molar-refractivity contribution in [1.82, 2.24) is 4.90 Å². The molecule has 1 aromatic carbocycles. The summed E-state index contributed by atoms with van der Waals surface area (Å²) in [6.07, 6.45) is 7.07. The highest BCUT2D eigenvalue weighted by Crippen LogP contribution is 2.57. The first kappa shape index (κ1) is 16.6. The molecule has 4 fully saturated rings. The Morgan fingerprint density at radius 1 is 1.20 bits per heavy atom. The lowest BCUT2D eigenvalue weighted by atomic mass is 9.52. The van der Waals surface area contributed by atoms with E-state index in [2.05, 4.69) is 6.19 Å². The maximum Gasteiger partial charge on any atom is 0.185 e. The fourth-order valence-corrected chi connectivity index (χ4v) is 5.93. The van der Waals surface area contributed by atoms with Crippen LogP contribution in [0.15, 0.2) is 30.3 Å². The molecular formula is C21H27N3O. The molecule has 0 amide bonds. The molecule has 5 rings (SSSR count). The second kappa shape index (κ2) is 5.57. The summed E-state index contributed by atoms with van der Waals surface area (Å²) in [5.41, 5.74) is 0.0380. The molecule has 1 aromatic rings. The number of aliphatic hydroxyl groups is 1. The third-order valence-electron chi connectivity index (χ3n) is 6.93. The van der Waals surface area contributed by atoms with E-state index in [1.165, 1.54) is 0 Å². The molecule has 0 spiro atoms. The van der Waals surface area contributed by atoms with Gasteiger partial charge in [-0.25, -0.2) is 0 Å². The lowest BCUT2D eigenvalue weighted by Gasteiger charge is -2.59. The quantitative estimate of drug-likeness (QED) is 0.383. The molecule has 4 aliphatic carbocycles. The zero-order valence-electron chi connectivity index (χ0n) is 15.1. The molecule has 0 saturated heterocycles. The Bertz CT molecular complexity index is 704. The first-order chi connectivity index (χ1) is 11.8. The SMILES string of the molecule is CC(C)(C(=N)N(C#N)C1C2CC3CC1CC(O)(C3)C2)c1ccccc1. The molecule has 4 nitrogen and oxygen atoms in total. The molecule has 4 aliphatic rings. The third-order valence-corrected chi connectivity index (χ3v) is 6.93. The lowest BCUT2D eigenvalue weighted by molar-refractivity contribution is -0.147. The van der Waals surface area contributed by atoms with Crippen molar-refractivity contribution < 1.29 is 5.11 Å². The highest BCUT2D eigenvalue weighted by atomic mass is 16.3. The second-order valence-electron chi connectivity index (χ2n) is 8.99. The van der Waals surface area contributed by atoms with Crippen LogP contribution in [0.2, 0.25) is 0 Å². The number of hydrogen-bond donors (Lipinski definition) is 2. The number of nitrogens with one attached hydrogen (secondary N) is 1. The molecule has 25 heavy (non-hydrogen) atoms. The summed E-state index contributed by atoms with van der Waals surface area (Å²) >= 11 is 0. The van der Waals surface area contributed by atoms with Crippen molar-refractivity contribution in [3.63, 3.8) is 0 Å². The van der Waals surface area contributed by atoms with E-state index in [4.69, 9.17) is 5.41 Å². The van der Waals surface area contributed by atoms with Crippen molar-refractivity contribution in [3.8, 4) is 6.19 Å². The monoisotopic (exact) mass is 337 g/mol. The number of hydrogen-bond acceptors (Lipinski definition) is 3. The number of nitriles is 1. The van der Waals surface area contributed by atoms with Crippen LogP contribution >= 0.6 is 0 Å². The van der Waals surface area contributed by atoms with Crippen molar-refractivity contribution >= 4 is 5.84 Å².